The van der Waals surface area contributed by atoms with Crippen molar-refractivity contribution < 1.29 is 24.0 Å². The molecule has 0 fully saturated rings. The molecule has 3 aromatic rings. The van der Waals surface area contributed by atoms with E-state index in [1.807, 2.05) is 0 Å². The first kappa shape index (κ1) is 23.4. The first-order chi connectivity index (χ1) is 15.8. The van der Waals surface area contributed by atoms with Gasteiger partial charge < -0.3 is 9.47 Å². The molecule has 3 aromatic carbocycles. The van der Waals surface area contributed by atoms with E-state index < -0.39 is 22.9 Å². The van der Waals surface area contributed by atoms with E-state index in [-0.39, 0.29) is 17.2 Å². The summed E-state index contributed by atoms with van der Waals surface area (Å²) in [6.07, 6.45) is 0.251. The van der Waals surface area contributed by atoms with Crippen molar-refractivity contribution in [1.29, 1.82) is 0 Å². The Labute approximate surface area is 193 Å². The molecule has 0 radical (unpaired) electrons. The number of hydrazone groups is 1. The third kappa shape index (κ3) is 6.37. The third-order valence-electron chi connectivity index (χ3n) is 4.31. The quantitative estimate of drug-likeness (QED) is 0.172. The molecule has 0 saturated carbocycles. The van der Waals surface area contributed by atoms with Crippen molar-refractivity contribution in [2.45, 2.75) is 13.0 Å². The Kier molecular flexibility index (Phi) is 7.72. The summed E-state index contributed by atoms with van der Waals surface area (Å²) in [5.74, 6) is -1.00. The van der Waals surface area contributed by atoms with Crippen LogP contribution in [0.2, 0.25) is 5.02 Å². The van der Waals surface area contributed by atoms with Gasteiger partial charge in [0, 0.05) is 16.7 Å². The molecule has 0 bridgehead atoms. The molecule has 168 valence electrons. The van der Waals surface area contributed by atoms with Crippen LogP contribution in [0.5, 0.6) is 11.5 Å². The van der Waals surface area contributed by atoms with E-state index in [4.69, 9.17) is 21.1 Å². The molecular formula is C23H18ClN3O6. The minimum absolute atomic E-state index is 0.0337. The molecular weight excluding hydrogens is 450 g/mol. The van der Waals surface area contributed by atoms with E-state index in [2.05, 4.69) is 10.5 Å². The highest BCUT2D eigenvalue weighted by Gasteiger charge is 2.20. The smallest absolute Gasteiger partial charge is 0.343 e. The van der Waals surface area contributed by atoms with Gasteiger partial charge in [-0.3, -0.25) is 14.9 Å². The van der Waals surface area contributed by atoms with Gasteiger partial charge in [-0.25, -0.2) is 10.2 Å². The van der Waals surface area contributed by atoms with Gasteiger partial charge in [0.1, 0.15) is 5.75 Å². The Morgan fingerprint density at radius 1 is 1.03 bits per heavy atom. The molecule has 0 heterocycles. The van der Waals surface area contributed by atoms with Gasteiger partial charge >= 0.3 is 11.7 Å². The summed E-state index contributed by atoms with van der Waals surface area (Å²) in [7, 11) is 0. The van der Waals surface area contributed by atoms with Gasteiger partial charge in [-0.2, -0.15) is 5.10 Å². The molecule has 0 aliphatic rings. The fourth-order valence-corrected chi connectivity index (χ4v) is 2.76. The number of rotatable bonds is 8. The first-order valence-electron chi connectivity index (χ1n) is 9.65. The fraction of sp³-hybridized carbons (Fsp3) is 0.0870. The second kappa shape index (κ2) is 10.9. The summed E-state index contributed by atoms with van der Waals surface area (Å²) in [4.78, 5) is 35.1. The first-order valence-corrected chi connectivity index (χ1v) is 10.0. The number of nitro groups is 1. The molecule has 1 atom stereocenters. The maximum absolute atomic E-state index is 12.4. The van der Waals surface area contributed by atoms with Crippen LogP contribution in [0.15, 0.2) is 77.9 Å². The highest BCUT2D eigenvalue weighted by Crippen LogP contribution is 2.26. The molecule has 3 rings (SSSR count). The largest absolute Gasteiger partial charge is 0.474 e. The van der Waals surface area contributed by atoms with Crippen molar-refractivity contribution in [1.82, 2.24) is 5.43 Å². The Bertz CT molecular complexity index is 1200. The van der Waals surface area contributed by atoms with Crippen molar-refractivity contribution in [3.8, 4) is 11.5 Å². The molecule has 0 aromatic heterocycles. The van der Waals surface area contributed by atoms with Crippen LogP contribution in [0.3, 0.4) is 0 Å². The van der Waals surface area contributed by atoms with Crippen LogP contribution in [0.25, 0.3) is 0 Å². The van der Waals surface area contributed by atoms with Gasteiger partial charge in [-0.1, -0.05) is 35.9 Å². The van der Waals surface area contributed by atoms with Gasteiger partial charge in [0.25, 0.3) is 5.91 Å². The lowest BCUT2D eigenvalue weighted by Gasteiger charge is -2.12. The minimum atomic E-state index is -1.05. The Hall–Kier alpha value is -4.24. The summed E-state index contributed by atoms with van der Waals surface area (Å²) >= 11 is 5.83. The molecule has 9 nitrogen and oxygen atoms in total. The van der Waals surface area contributed by atoms with Gasteiger partial charge in [0.05, 0.1) is 16.7 Å². The monoisotopic (exact) mass is 467 g/mol. The summed E-state index contributed by atoms with van der Waals surface area (Å²) in [5.41, 5.74) is 2.80. The van der Waals surface area contributed by atoms with E-state index in [1.54, 1.807) is 54.6 Å². The zero-order valence-electron chi connectivity index (χ0n) is 17.3. The van der Waals surface area contributed by atoms with Crippen molar-refractivity contribution in [3.63, 3.8) is 0 Å². The summed E-state index contributed by atoms with van der Waals surface area (Å²) in [6.45, 7) is 1.43. The second-order valence-electron chi connectivity index (χ2n) is 6.65. The van der Waals surface area contributed by atoms with Crippen molar-refractivity contribution >= 4 is 35.4 Å². The van der Waals surface area contributed by atoms with E-state index in [9.17, 15) is 19.7 Å². The number of hydrogen-bond donors (Lipinski definition) is 1. The van der Waals surface area contributed by atoms with Crippen LogP contribution in [-0.4, -0.2) is 29.1 Å². The average Bonchev–Trinajstić information content (AvgIpc) is 2.80. The number of halogens is 1. The molecule has 0 aliphatic heterocycles. The highest BCUT2D eigenvalue weighted by molar-refractivity contribution is 6.30. The summed E-state index contributed by atoms with van der Waals surface area (Å²) < 4.78 is 10.8. The number of nitrogens with one attached hydrogen (secondary N) is 1. The Morgan fingerprint density at radius 2 is 1.67 bits per heavy atom. The predicted octanol–water partition coefficient (Wildman–Crippen LogP) is 4.39. The van der Waals surface area contributed by atoms with E-state index in [1.165, 1.54) is 31.3 Å². The van der Waals surface area contributed by atoms with Crippen LogP contribution < -0.4 is 14.9 Å². The molecule has 1 amide bonds. The minimum Gasteiger partial charge on any atom is -0.474 e. The fourth-order valence-electron chi connectivity index (χ4n) is 2.63. The van der Waals surface area contributed by atoms with Crippen LogP contribution in [0, 0.1) is 10.1 Å². The number of nitrogens with zero attached hydrogens (tertiary/aromatic N) is 2. The number of carbonyl (C=O) groups is 2. The van der Waals surface area contributed by atoms with E-state index in [0.29, 0.717) is 16.1 Å². The second-order valence-corrected chi connectivity index (χ2v) is 7.09. The van der Waals surface area contributed by atoms with Crippen molar-refractivity contribution in [2.75, 3.05) is 0 Å². The molecule has 0 unspecified atom stereocenters. The topological polar surface area (TPSA) is 120 Å². The zero-order chi connectivity index (χ0) is 23.8. The lowest BCUT2D eigenvalue weighted by molar-refractivity contribution is -0.386. The lowest BCUT2D eigenvalue weighted by Crippen LogP contribution is -2.33. The molecule has 33 heavy (non-hydrogen) atoms. The number of hydrogen-bond acceptors (Lipinski definition) is 7. The van der Waals surface area contributed by atoms with Crippen molar-refractivity contribution in [2.24, 2.45) is 5.10 Å². The maximum atomic E-state index is 12.4. The molecule has 0 saturated heterocycles. The highest BCUT2D eigenvalue weighted by atomic mass is 35.5. The maximum Gasteiger partial charge on any atom is 0.343 e. The number of benzene rings is 3. The zero-order valence-corrected chi connectivity index (χ0v) is 18.1. The number of carbonyl (C=O) groups excluding carboxylic acids is 2. The standard InChI is InChI=1S/C23H18ClN3O6/c1-15(32-21-9-5-3-7-19(21)27(30)31)22(28)26-25-14-17-6-2-4-8-20(17)33-23(29)16-10-12-18(24)13-11-16/h2-15H,1H3,(H,26,28)/b25-14-/t15-/m1/s1. The summed E-state index contributed by atoms with van der Waals surface area (Å²) in [5, 5.41) is 15.4. The average molecular weight is 468 g/mol. The van der Waals surface area contributed by atoms with Gasteiger partial charge in [0.15, 0.2) is 11.9 Å². The molecule has 0 aliphatic carbocycles. The van der Waals surface area contributed by atoms with E-state index >= 15 is 0 Å². The van der Waals surface area contributed by atoms with Gasteiger partial charge in [-0.05, 0) is 49.4 Å². The Balaban J connectivity index is 1.63. The number of esters is 1. The number of amides is 1. The van der Waals surface area contributed by atoms with Crippen LogP contribution in [0.4, 0.5) is 5.69 Å². The van der Waals surface area contributed by atoms with Gasteiger partial charge in [0.2, 0.25) is 0 Å². The van der Waals surface area contributed by atoms with Crippen molar-refractivity contribution in [3.05, 3.63) is 99.1 Å². The SMILES string of the molecule is C[C@@H](Oc1ccccc1[N+](=O)[O-])C(=O)N/N=C\c1ccccc1OC(=O)c1ccc(Cl)cc1. The molecule has 1 N–H and O–H groups in total. The third-order valence-corrected chi connectivity index (χ3v) is 4.57. The molecule has 0 spiro atoms. The summed E-state index contributed by atoms with van der Waals surface area (Å²) in [6, 6.07) is 18.6. The number of ether oxygens (including phenoxy) is 2. The Morgan fingerprint density at radius 3 is 2.36 bits per heavy atom. The van der Waals surface area contributed by atoms with Crippen LogP contribution in [0.1, 0.15) is 22.8 Å². The molecule has 10 heteroatoms. The number of nitro benzene ring substituents is 1. The van der Waals surface area contributed by atoms with Gasteiger partial charge in [-0.15, -0.1) is 0 Å². The number of para-hydroxylation sites is 3. The van der Waals surface area contributed by atoms with Crippen LogP contribution >= 0.6 is 11.6 Å². The predicted molar refractivity (Wildman–Crippen MR) is 122 cm³/mol. The lowest BCUT2D eigenvalue weighted by atomic mass is 10.2. The normalized spacial score (nSPS) is 11.6. The van der Waals surface area contributed by atoms with Crippen LogP contribution in [-0.2, 0) is 4.79 Å². The van der Waals surface area contributed by atoms with E-state index in [0.717, 1.165) is 0 Å².